The average Bonchev–Trinajstić information content (AvgIpc) is 1.63. The number of piperazine rings is 1. The number of likely N-dealkylation sites (N-methyl/N-ethyl adjacent to an activating group) is 1. The molecular weight excluding hydrogens is 1460 g/mol. The van der Waals surface area contributed by atoms with Gasteiger partial charge in [-0.1, -0.05) is 72.8 Å². The minimum atomic E-state index is -0.471. The molecule has 4 saturated heterocycles. The molecule has 0 unspecified atom stereocenters. The van der Waals surface area contributed by atoms with Crippen molar-refractivity contribution < 1.29 is 32.3 Å². The van der Waals surface area contributed by atoms with Gasteiger partial charge in [-0.3, -0.25) is 53.9 Å². The van der Waals surface area contributed by atoms with Gasteiger partial charge in [0.15, 0.2) is 0 Å². The van der Waals surface area contributed by atoms with E-state index in [0.29, 0.717) is 132 Å². The van der Waals surface area contributed by atoms with Crippen LogP contribution < -0.4 is 16.7 Å². The van der Waals surface area contributed by atoms with Crippen molar-refractivity contribution in [3.63, 3.8) is 0 Å². The molecule has 114 heavy (non-hydrogen) atoms. The summed E-state index contributed by atoms with van der Waals surface area (Å²) < 4.78 is 49.9. The number of nitrogens with one attached hydrogen (secondary N) is 6. The number of carbonyl (C=O) groups is 3. The van der Waals surface area contributed by atoms with Crippen molar-refractivity contribution in [2.45, 2.75) is 108 Å². The van der Waals surface area contributed by atoms with Gasteiger partial charge in [0.2, 0.25) is 23.8 Å². The fourth-order valence-corrected chi connectivity index (χ4v) is 16.0. The molecule has 0 saturated carbocycles. The number of nitrogens with zero attached hydrogens (tertiary/aromatic N) is 13. The summed E-state index contributed by atoms with van der Waals surface area (Å²) in [7, 11) is 3.65. The zero-order valence-electron chi connectivity index (χ0n) is 64.0. The van der Waals surface area contributed by atoms with Gasteiger partial charge in [-0.2, -0.15) is 14.0 Å². The van der Waals surface area contributed by atoms with E-state index >= 15 is 0 Å². The first-order chi connectivity index (χ1) is 55.4. The highest BCUT2D eigenvalue weighted by Gasteiger charge is 2.34. The van der Waals surface area contributed by atoms with Gasteiger partial charge in [-0.25, -0.2) is 33.1 Å². The lowest BCUT2D eigenvalue weighted by Gasteiger charge is -2.36. The van der Waals surface area contributed by atoms with Gasteiger partial charge in [0.25, 0.3) is 28.5 Å². The molecule has 11 heterocycles. The molecule has 6 aromatic carbocycles. The SMILES string of the molecule is CN1CCN(CC(=O)N2CCC(c3[nH]n(-c4nc5ccccc5[nH]4)c(=O)c3CCc3ccc(F)cc3)CC2)CC1.CO[C@H](C)C(=O)N1CCC(c2[nH]n(-c3nc4ccccc4[nH]3)c(=O)c2CCc2ccc(F)cc2)CC1.O=C(c1cnccn1)N1CCC(c2[nH]n(-c3nc4ccccc4[nH]3)c(=O)c2CCc2ccc(F)cc2)CC1. The van der Waals surface area contributed by atoms with Gasteiger partial charge in [-0.15, -0.1) is 0 Å². The van der Waals surface area contributed by atoms with Crippen LogP contribution in [0, 0.1) is 17.5 Å². The van der Waals surface area contributed by atoms with Crippen LogP contribution >= 0.6 is 0 Å². The predicted molar refractivity (Wildman–Crippen MR) is 427 cm³/mol. The number of fused-ring (bicyclic) bond motifs is 3. The molecule has 0 bridgehead atoms. The third-order valence-electron chi connectivity index (χ3n) is 22.7. The fourth-order valence-electron chi connectivity index (χ4n) is 16.0. The number of aromatic nitrogens is 14. The smallest absolute Gasteiger partial charge is 0.277 e. The summed E-state index contributed by atoms with van der Waals surface area (Å²) in [6, 6.07) is 42.1. The maximum absolute atomic E-state index is 13.7. The number of likely N-dealkylation sites (tertiary alicyclic amines) is 3. The Kier molecular flexibility index (Phi) is 23.6. The Morgan fingerprint density at radius 3 is 1.17 bits per heavy atom. The Balaban J connectivity index is 0.000000135. The molecule has 1 atom stereocenters. The second-order valence-corrected chi connectivity index (χ2v) is 29.9. The van der Waals surface area contributed by atoms with Crippen molar-refractivity contribution in [3.05, 3.63) is 269 Å². The largest absolute Gasteiger partial charge is 0.372 e. The summed E-state index contributed by atoms with van der Waals surface area (Å²) in [6.45, 7) is 9.72. The Hall–Kier alpha value is -12.1. The van der Waals surface area contributed by atoms with E-state index < -0.39 is 6.10 Å². The van der Waals surface area contributed by atoms with Gasteiger partial charge in [0, 0.05) is 136 Å². The van der Waals surface area contributed by atoms with E-state index in [0.717, 1.165) is 124 Å². The number of piperidine rings is 3. The monoisotopic (exact) mass is 1550 g/mol. The molecule has 4 aliphatic rings. The van der Waals surface area contributed by atoms with E-state index in [-0.39, 0.29) is 69.6 Å². The van der Waals surface area contributed by atoms with Crippen LogP contribution in [0.4, 0.5) is 13.2 Å². The van der Waals surface area contributed by atoms with Crippen LogP contribution in [0.15, 0.2) is 179 Å². The number of halogens is 3. The molecule has 3 amide bonds. The summed E-state index contributed by atoms with van der Waals surface area (Å²) in [5, 5.41) is 10.1. The molecule has 7 aromatic heterocycles. The van der Waals surface area contributed by atoms with Crippen molar-refractivity contribution in [3.8, 4) is 17.8 Å². The number of amides is 3. The second kappa shape index (κ2) is 34.9. The number of rotatable bonds is 20. The number of hydrogen-bond donors (Lipinski definition) is 6. The van der Waals surface area contributed by atoms with E-state index in [9.17, 15) is 41.9 Å². The number of aryl methyl sites for hydroxylation is 3. The van der Waals surface area contributed by atoms with Crippen molar-refractivity contribution in [2.75, 3.05) is 86.1 Å². The summed E-state index contributed by atoms with van der Waals surface area (Å²) in [4.78, 5) is 121. The first-order valence-electron chi connectivity index (χ1n) is 39.1. The van der Waals surface area contributed by atoms with Crippen molar-refractivity contribution in [1.82, 2.24) is 93.7 Å². The minimum absolute atomic E-state index is 0.0131. The number of para-hydroxylation sites is 6. The first-order valence-corrected chi connectivity index (χ1v) is 39.1. The number of H-pyrrole nitrogens is 6. The maximum Gasteiger partial charge on any atom is 0.277 e. The van der Waals surface area contributed by atoms with E-state index in [1.807, 2.05) is 82.6 Å². The number of carbonyl (C=O) groups excluding carboxylic acids is 3. The summed E-state index contributed by atoms with van der Waals surface area (Å²) in [5.41, 5.74) is 12.5. The lowest BCUT2D eigenvalue weighted by atomic mass is 9.89. The van der Waals surface area contributed by atoms with E-state index in [1.165, 1.54) is 69.9 Å². The van der Waals surface area contributed by atoms with Crippen LogP contribution in [0.5, 0.6) is 0 Å². The highest BCUT2D eigenvalue weighted by atomic mass is 19.1. The van der Waals surface area contributed by atoms with Gasteiger partial charge < -0.3 is 39.3 Å². The molecule has 0 aliphatic carbocycles. The van der Waals surface area contributed by atoms with E-state index in [1.54, 1.807) is 54.4 Å². The highest BCUT2D eigenvalue weighted by Crippen LogP contribution is 2.34. The van der Waals surface area contributed by atoms with Crippen LogP contribution in [-0.2, 0) is 52.9 Å². The number of imidazole rings is 3. The lowest BCUT2D eigenvalue weighted by molar-refractivity contribution is -0.142. The van der Waals surface area contributed by atoms with Gasteiger partial charge in [-0.05, 0) is 181 Å². The van der Waals surface area contributed by atoms with Crippen LogP contribution in [0.3, 0.4) is 0 Å². The molecule has 26 nitrogen and oxygen atoms in total. The third kappa shape index (κ3) is 17.6. The molecule has 17 rings (SSSR count). The lowest BCUT2D eigenvalue weighted by Crippen LogP contribution is -2.50. The molecular formula is C85H92F3N19O7. The fraction of sp³-hybridized carbons (Fsp3) is 0.353. The number of benzene rings is 6. The zero-order chi connectivity index (χ0) is 78.9. The summed E-state index contributed by atoms with van der Waals surface area (Å²) in [5.74, 6) is 0.842. The quantitative estimate of drug-likeness (QED) is 0.0414. The summed E-state index contributed by atoms with van der Waals surface area (Å²) >= 11 is 0. The van der Waals surface area contributed by atoms with Gasteiger partial charge in [0.1, 0.15) is 29.2 Å². The molecule has 29 heteroatoms. The summed E-state index contributed by atoms with van der Waals surface area (Å²) in [6.07, 6.45) is 11.9. The number of ether oxygens (including phenoxy) is 1. The zero-order valence-corrected chi connectivity index (χ0v) is 64.0. The molecule has 6 N–H and O–H groups in total. The van der Waals surface area contributed by atoms with Crippen LogP contribution in [-0.4, -0.2) is 204 Å². The van der Waals surface area contributed by atoms with E-state index in [4.69, 9.17) is 4.74 Å². The highest BCUT2D eigenvalue weighted by molar-refractivity contribution is 5.92. The molecule has 0 radical (unpaired) electrons. The molecule has 4 aliphatic heterocycles. The third-order valence-corrected chi connectivity index (χ3v) is 22.7. The van der Waals surface area contributed by atoms with Crippen LogP contribution in [0.25, 0.3) is 50.9 Å². The van der Waals surface area contributed by atoms with Crippen molar-refractivity contribution in [1.29, 1.82) is 0 Å². The molecule has 0 spiro atoms. The normalized spacial score (nSPS) is 15.8. The Morgan fingerprint density at radius 2 is 0.816 bits per heavy atom. The number of aromatic amines is 6. The first kappa shape index (κ1) is 77.2. The number of methoxy groups -OCH3 is 1. The Morgan fingerprint density at radius 1 is 0.456 bits per heavy atom. The van der Waals surface area contributed by atoms with Crippen LogP contribution in [0.1, 0.15) is 124 Å². The van der Waals surface area contributed by atoms with Crippen molar-refractivity contribution >= 4 is 50.8 Å². The number of hydrogen-bond acceptors (Lipinski definition) is 14. The molecule has 590 valence electrons. The molecule has 4 fully saturated rings. The molecule has 13 aromatic rings. The predicted octanol–water partition coefficient (Wildman–Crippen LogP) is 10.4. The average molecular weight is 1550 g/mol. The maximum atomic E-state index is 13.7. The second-order valence-electron chi connectivity index (χ2n) is 29.9. The van der Waals surface area contributed by atoms with E-state index in [2.05, 4.69) is 72.0 Å². The van der Waals surface area contributed by atoms with Crippen LogP contribution in [0.2, 0.25) is 0 Å². The Bertz CT molecular complexity index is 5570. The Labute approximate surface area is 654 Å². The van der Waals surface area contributed by atoms with Crippen molar-refractivity contribution in [2.24, 2.45) is 0 Å². The minimum Gasteiger partial charge on any atom is -0.372 e. The standard InChI is InChI=1S/C30H36FN7O2.C28H26FN7O2.C27H30FN5O3/c1-35-16-18-36(19-17-35)20-27(39)37-14-12-22(13-15-37)28-24(11-8-21-6-9-23(31)10-7-21)29(40)38(34-28)30-32-25-4-2-3-5-26(25)33-30;29-20-8-5-18(6-9-20)7-10-21-25(19-11-15-35(16-12-19)27(38)24-17-30-13-14-31-24)34-36(26(21)37)28-32-22-3-1-2-4-23(22)33-28;1-17(36-2)25(34)32-15-13-19(14-16-32)24-21(12-9-18-7-10-20(28)11-8-18)26(35)33(31-24)27-29-22-5-3-4-6-23(22)30-27/h2-7,9-10,22,34H,8,11-20H2,1H3,(H,32,33);1-6,8-9,13-14,17,19,34H,7,10-12,15-16H2,(H,32,33);3-8,10-11,17,19,31H,9,12-16H2,1-2H3,(H,29,30)/t;;17-/m..1/s1. The van der Waals surface area contributed by atoms with Gasteiger partial charge >= 0.3 is 0 Å². The van der Waals surface area contributed by atoms with Gasteiger partial charge in [0.05, 0.1) is 45.8 Å². The topological polar surface area (TPSA) is 302 Å².